The van der Waals surface area contributed by atoms with Gasteiger partial charge in [-0.05, 0) is 18.4 Å². The summed E-state index contributed by atoms with van der Waals surface area (Å²) in [5.74, 6) is -1.23. The van der Waals surface area contributed by atoms with Crippen LogP contribution in [0.25, 0.3) is 0 Å². The van der Waals surface area contributed by atoms with Crippen molar-refractivity contribution in [2.24, 2.45) is 0 Å². The minimum absolute atomic E-state index is 0.0437. The second kappa shape index (κ2) is 11.2. The molecule has 28 heavy (non-hydrogen) atoms. The highest BCUT2D eigenvalue weighted by Gasteiger charge is 2.11. The van der Waals surface area contributed by atoms with Crippen LogP contribution < -0.4 is 16.2 Å². The van der Waals surface area contributed by atoms with Crippen LogP contribution in [0, 0.1) is 0 Å². The maximum Gasteiger partial charge on any atom is 0.325 e. The second-order valence-electron chi connectivity index (χ2n) is 5.45. The normalized spacial score (nSPS) is 10.3. The molecule has 0 radical (unpaired) electrons. The summed E-state index contributed by atoms with van der Waals surface area (Å²) in [5, 5.41) is 7.32. The number of thiophene rings is 1. The van der Waals surface area contributed by atoms with E-state index in [1.807, 2.05) is 17.5 Å². The van der Waals surface area contributed by atoms with E-state index < -0.39 is 17.4 Å². The average molecular weight is 425 g/mol. The summed E-state index contributed by atoms with van der Waals surface area (Å²) in [6, 6.07) is 5.06. The number of esters is 1. The van der Waals surface area contributed by atoms with E-state index in [0.29, 0.717) is 12.2 Å². The molecular formula is C17H20N4O5S2. The zero-order chi connectivity index (χ0) is 20.4. The van der Waals surface area contributed by atoms with E-state index >= 15 is 0 Å². The SMILES string of the molecule is CCOC(=O)CNC(=O)CSc1nc(CC(=O)NCc2cccs2)cc(=O)[nH]1. The lowest BCUT2D eigenvalue weighted by atomic mass is 10.3. The van der Waals surface area contributed by atoms with Crippen molar-refractivity contribution in [3.8, 4) is 0 Å². The van der Waals surface area contributed by atoms with E-state index in [9.17, 15) is 19.2 Å². The van der Waals surface area contributed by atoms with Crippen molar-refractivity contribution in [2.75, 3.05) is 18.9 Å². The molecule has 0 unspecified atom stereocenters. The van der Waals surface area contributed by atoms with Crippen LogP contribution in [0.3, 0.4) is 0 Å². The van der Waals surface area contributed by atoms with E-state index in [4.69, 9.17) is 4.74 Å². The molecule has 2 aromatic heterocycles. The maximum absolute atomic E-state index is 12.0. The summed E-state index contributed by atoms with van der Waals surface area (Å²) in [5.41, 5.74) is -0.104. The van der Waals surface area contributed by atoms with Crippen molar-refractivity contribution in [3.63, 3.8) is 0 Å². The first kappa shape index (κ1) is 21.6. The number of amides is 2. The Labute approximate surface area is 169 Å². The molecule has 2 heterocycles. The van der Waals surface area contributed by atoms with Crippen molar-refractivity contribution in [3.05, 3.63) is 44.5 Å². The first-order valence-electron chi connectivity index (χ1n) is 8.40. The molecule has 0 aliphatic carbocycles. The van der Waals surface area contributed by atoms with Gasteiger partial charge in [-0.15, -0.1) is 11.3 Å². The topological polar surface area (TPSA) is 130 Å². The standard InChI is InChI=1S/C17H20N4O5S2/c1-2-26-16(25)9-19-15(24)10-28-17-20-11(7-14(23)21-17)6-13(22)18-8-12-4-3-5-27-12/h3-5,7H,2,6,8-10H2,1H3,(H,18,22)(H,19,24)(H,20,21,23). The van der Waals surface area contributed by atoms with Gasteiger partial charge in [0, 0.05) is 10.9 Å². The van der Waals surface area contributed by atoms with Gasteiger partial charge < -0.3 is 20.4 Å². The van der Waals surface area contributed by atoms with Crippen molar-refractivity contribution in [2.45, 2.75) is 25.0 Å². The summed E-state index contributed by atoms with van der Waals surface area (Å²) in [4.78, 5) is 54.5. The third kappa shape index (κ3) is 7.92. The molecule has 2 amide bonds. The number of hydrogen-bond donors (Lipinski definition) is 3. The van der Waals surface area contributed by atoms with Crippen LogP contribution in [0.5, 0.6) is 0 Å². The summed E-state index contributed by atoms with van der Waals surface area (Å²) >= 11 is 2.54. The lowest BCUT2D eigenvalue weighted by Gasteiger charge is -2.06. The Balaban J connectivity index is 1.83. The van der Waals surface area contributed by atoms with Gasteiger partial charge in [-0.1, -0.05) is 17.8 Å². The number of nitrogens with one attached hydrogen (secondary N) is 3. The largest absolute Gasteiger partial charge is 0.465 e. The first-order chi connectivity index (χ1) is 13.5. The van der Waals surface area contributed by atoms with Gasteiger partial charge in [0.25, 0.3) is 5.56 Å². The third-order valence-electron chi connectivity index (χ3n) is 3.23. The van der Waals surface area contributed by atoms with E-state index in [2.05, 4.69) is 20.6 Å². The molecule has 9 nitrogen and oxygen atoms in total. The van der Waals surface area contributed by atoms with Crippen LogP contribution in [0.1, 0.15) is 17.5 Å². The van der Waals surface area contributed by atoms with Gasteiger partial charge in [0.05, 0.1) is 31.0 Å². The zero-order valence-corrected chi connectivity index (χ0v) is 16.8. The van der Waals surface area contributed by atoms with Gasteiger partial charge in [-0.2, -0.15) is 0 Å². The number of H-pyrrole nitrogens is 1. The Morgan fingerprint density at radius 2 is 2.11 bits per heavy atom. The van der Waals surface area contributed by atoms with Crippen LogP contribution in [0.15, 0.2) is 33.5 Å². The van der Waals surface area contributed by atoms with E-state index in [1.54, 1.807) is 6.92 Å². The predicted molar refractivity (Wildman–Crippen MR) is 105 cm³/mol. The number of nitrogens with zero attached hydrogens (tertiary/aromatic N) is 1. The van der Waals surface area contributed by atoms with E-state index in [0.717, 1.165) is 16.6 Å². The average Bonchev–Trinajstić information content (AvgIpc) is 3.16. The Hall–Kier alpha value is -2.66. The molecular weight excluding hydrogens is 404 g/mol. The second-order valence-corrected chi connectivity index (χ2v) is 7.44. The van der Waals surface area contributed by atoms with E-state index in [-0.39, 0.29) is 36.4 Å². The Morgan fingerprint density at radius 1 is 1.29 bits per heavy atom. The molecule has 0 fully saturated rings. The molecule has 0 aliphatic rings. The number of rotatable bonds is 10. The maximum atomic E-state index is 12.0. The van der Waals surface area contributed by atoms with Crippen LogP contribution in [-0.4, -0.2) is 46.7 Å². The predicted octanol–water partition coefficient (Wildman–Crippen LogP) is 0.462. The molecule has 150 valence electrons. The minimum Gasteiger partial charge on any atom is -0.465 e. The van der Waals surface area contributed by atoms with Crippen molar-refractivity contribution < 1.29 is 19.1 Å². The number of carbonyl (C=O) groups excluding carboxylic acids is 3. The van der Waals surface area contributed by atoms with Crippen molar-refractivity contribution in [1.29, 1.82) is 0 Å². The molecule has 3 N–H and O–H groups in total. The molecule has 0 aliphatic heterocycles. The Bertz CT molecular complexity index is 867. The number of thioether (sulfide) groups is 1. The molecule has 11 heteroatoms. The molecule has 2 rings (SSSR count). The van der Waals surface area contributed by atoms with Crippen LogP contribution in [0.2, 0.25) is 0 Å². The molecule has 0 atom stereocenters. The van der Waals surface area contributed by atoms with Crippen molar-refractivity contribution >= 4 is 40.9 Å². The van der Waals surface area contributed by atoms with Gasteiger partial charge in [0.15, 0.2) is 5.16 Å². The quantitative estimate of drug-likeness (QED) is 0.287. The fourth-order valence-corrected chi connectivity index (χ4v) is 3.40. The summed E-state index contributed by atoms with van der Waals surface area (Å²) in [6.07, 6.45) is -0.0437. The number of carbonyl (C=O) groups is 3. The van der Waals surface area contributed by atoms with Crippen LogP contribution >= 0.6 is 23.1 Å². The van der Waals surface area contributed by atoms with Crippen molar-refractivity contribution in [1.82, 2.24) is 20.6 Å². The molecule has 0 saturated heterocycles. The fourth-order valence-electron chi connectivity index (χ4n) is 2.04. The number of aromatic nitrogens is 2. The molecule has 0 bridgehead atoms. The van der Waals surface area contributed by atoms with Gasteiger partial charge >= 0.3 is 5.97 Å². The Kier molecular flexibility index (Phi) is 8.69. The van der Waals surface area contributed by atoms with Gasteiger partial charge in [0.1, 0.15) is 6.54 Å². The molecule has 2 aromatic rings. The molecule has 0 aromatic carbocycles. The smallest absolute Gasteiger partial charge is 0.325 e. The summed E-state index contributed by atoms with van der Waals surface area (Å²) in [7, 11) is 0. The van der Waals surface area contributed by atoms with Gasteiger partial charge in [-0.25, -0.2) is 4.98 Å². The molecule has 0 saturated carbocycles. The first-order valence-corrected chi connectivity index (χ1v) is 10.3. The zero-order valence-electron chi connectivity index (χ0n) is 15.1. The fraction of sp³-hybridized carbons (Fsp3) is 0.353. The number of hydrogen-bond acceptors (Lipinski definition) is 8. The lowest BCUT2D eigenvalue weighted by Crippen LogP contribution is -2.32. The van der Waals surface area contributed by atoms with Crippen LogP contribution in [-0.2, 0) is 32.1 Å². The van der Waals surface area contributed by atoms with Crippen LogP contribution in [0.4, 0.5) is 0 Å². The van der Waals surface area contributed by atoms with Gasteiger partial charge in [-0.3, -0.25) is 19.2 Å². The summed E-state index contributed by atoms with van der Waals surface area (Å²) in [6.45, 7) is 2.11. The number of ether oxygens (including phenoxy) is 1. The monoisotopic (exact) mass is 424 g/mol. The summed E-state index contributed by atoms with van der Waals surface area (Å²) < 4.78 is 4.71. The Morgan fingerprint density at radius 3 is 2.82 bits per heavy atom. The van der Waals surface area contributed by atoms with E-state index in [1.165, 1.54) is 17.4 Å². The molecule has 0 spiro atoms. The highest BCUT2D eigenvalue weighted by Crippen LogP contribution is 2.11. The highest BCUT2D eigenvalue weighted by molar-refractivity contribution is 7.99. The third-order valence-corrected chi connectivity index (χ3v) is 4.98. The minimum atomic E-state index is -0.525. The van der Waals surface area contributed by atoms with Gasteiger partial charge in [0.2, 0.25) is 11.8 Å². The highest BCUT2D eigenvalue weighted by atomic mass is 32.2. The lowest BCUT2D eigenvalue weighted by molar-refractivity contribution is -0.143. The number of aromatic amines is 1.